The molecule has 0 aliphatic heterocycles. The van der Waals surface area contributed by atoms with Gasteiger partial charge in [0.15, 0.2) is 0 Å². The van der Waals surface area contributed by atoms with Gasteiger partial charge in [0, 0.05) is 12.5 Å². The van der Waals surface area contributed by atoms with E-state index in [4.69, 9.17) is 10.8 Å². The van der Waals surface area contributed by atoms with Crippen molar-refractivity contribution < 1.29 is 9.90 Å². The number of rotatable bonds is 4. The molecule has 60 valence electrons. The van der Waals surface area contributed by atoms with Crippen LogP contribution in [-0.4, -0.2) is 17.6 Å². The summed E-state index contributed by atoms with van der Waals surface area (Å²) >= 11 is 0. The van der Waals surface area contributed by atoms with Crippen molar-refractivity contribution in [3.05, 3.63) is 0 Å². The first-order valence-electron chi connectivity index (χ1n) is 3.53. The highest BCUT2D eigenvalue weighted by molar-refractivity contribution is 5.76. The van der Waals surface area contributed by atoms with Gasteiger partial charge in [0.1, 0.15) is 0 Å². The molecule has 3 heteroatoms. The van der Waals surface area contributed by atoms with Crippen LogP contribution in [0.5, 0.6) is 0 Å². The zero-order chi connectivity index (χ0) is 8.15. The fourth-order valence-corrected chi connectivity index (χ4v) is 1.01. The number of nitrogens with two attached hydrogens (primary N) is 1. The summed E-state index contributed by atoms with van der Waals surface area (Å²) in [4.78, 5) is 10.6. The molecule has 0 fully saturated rings. The van der Waals surface area contributed by atoms with Crippen molar-refractivity contribution >= 4 is 5.91 Å². The van der Waals surface area contributed by atoms with E-state index in [0.29, 0.717) is 6.42 Å². The van der Waals surface area contributed by atoms with Gasteiger partial charge in [-0.3, -0.25) is 4.79 Å². The average molecular weight is 145 g/mol. The largest absolute Gasteiger partial charge is 0.396 e. The van der Waals surface area contributed by atoms with Crippen LogP contribution in [0.15, 0.2) is 0 Å². The van der Waals surface area contributed by atoms with Crippen molar-refractivity contribution in [2.45, 2.75) is 20.3 Å². The monoisotopic (exact) mass is 145 g/mol. The van der Waals surface area contributed by atoms with E-state index in [9.17, 15) is 4.79 Å². The van der Waals surface area contributed by atoms with Crippen LogP contribution in [-0.2, 0) is 4.79 Å². The third kappa shape index (κ3) is 2.35. The summed E-state index contributed by atoms with van der Waals surface area (Å²) in [5, 5.41) is 8.68. The fourth-order valence-electron chi connectivity index (χ4n) is 1.01. The number of aliphatic hydroxyl groups excluding tert-OH is 1. The van der Waals surface area contributed by atoms with Crippen LogP contribution in [0.2, 0.25) is 0 Å². The molecule has 0 saturated carbocycles. The minimum Gasteiger partial charge on any atom is -0.396 e. The van der Waals surface area contributed by atoms with E-state index in [1.165, 1.54) is 0 Å². The molecule has 10 heavy (non-hydrogen) atoms. The topological polar surface area (TPSA) is 63.3 Å². The van der Waals surface area contributed by atoms with Gasteiger partial charge in [0.05, 0.1) is 0 Å². The maximum absolute atomic E-state index is 10.6. The van der Waals surface area contributed by atoms with Crippen molar-refractivity contribution in [2.75, 3.05) is 6.61 Å². The molecule has 0 aliphatic rings. The van der Waals surface area contributed by atoms with Crippen LogP contribution in [0, 0.1) is 11.8 Å². The van der Waals surface area contributed by atoms with Crippen LogP contribution in [0.25, 0.3) is 0 Å². The van der Waals surface area contributed by atoms with E-state index in [-0.39, 0.29) is 24.3 Å². The van der Waals surface area contributed by atoms with Gasteiger partial charge in [0.2, 0.25) is 5.91 Å². The predicted octanol–water partition coefficient (Wildman–Crippen LogP) is 0.126. The number of primary amides is 1. The maximum Gasteiger partial charge on any atom is 0.220 e. The molecular formula is C7H15NO2. The quantitative estimate of drug-likeness (QED) is 0.590. The molecule has 0 spiro atoms. The molecule has 0 saturated heterocycles. The smallest absolute Gasteiger partial charge is 0.220 e. The van der Waals surface area contributed by atoms with Crippen molar-refractivity contribution in [1.29, 1.82) is 0 Å². The van der Waals surface area contributed by atoms with Gasteiger partial charge < -0.3 is 10.8 Å². The van der Waals surface area contributed by atoms with Crippen LogP contribution < -0.4 is 5.73 Å². The summed E-state index contributed by atoms with van der Waals surface area (Å²) in [5.74, 6) is -0.503. The summed E-state index contributed by atoms with van der Waals surface area (Å²) < 4.78 is 0. The highest BCUT2D eigenvalue weighted by atomic mass is 16.3. The van der Waals surface area contributed by atoms with Gasteiger partial charge in [-0.2, -0.15) is 0 Å². The predicted molar refractivity (Wildman–Crippen MR) is 39.2 cm³/mol. The van der Waals surface area contributed by atoms with E-state index < -0.39 is 0 Å². The third-order valence-corrected chi connectivity index (χ3v) is 1.78. The molecule has 0 heterocycles. The number of amides is 1. The standard InChI is InChI=1S/C7H15NO2/c1-3-6(7(8)10)5(2)4-9/h5-6,9H,3-4H2,1-2H3,(H2,8,10). The van der Waals surface area contributed by atoms with E-state index in [1.807, 2.05) is 13.8 Å². The lowest BCUT2D eigenvalue weighted by Crippen LogP contribution is -2.29. The minimum absolute atomic E-state index is 0.0116. The molecule has 0 aromatic rings. The van der Waals surface area contributed by atoms with Gasteiger partial charge in [-0.1, -0.05) is 13.8 Å². The number of carbonyl (C=O) groups is 1. The fraction of sp³-hybridized carbons (Fsp3) is 0.857. The lowest BCUT2D eigenvalue weighted by molar-refractivity contribution is -0.123. The molecule has 2 atom stereocenters. The lowest BCUT2D eigenvalue weighted by atomic mass is 9.92. The van der Waals surface area contributed by atoms with Gasteiger partial charge >= 0.3 is 0 Å². The second-order valence-electron chi connectivity index (χ2n) is 2.58. The first kappa shape index (κ1) is 9.43. The highest BCUT2D eigenvalue weighted by Gasteiger charge is 2.19. The van der Waals surface area contributed by atoms with Crippen LogP contribution in [0.4, 0.5) is 0 Å². The summed E-state index contributed by atoms with van der Waals surface area (Å²) in [7, 11) is 0. The summed E-state index contributed by atoms with van der Waals surface area (Å²) in [6, 6.07) is 0. The molecule has 0 aromatic heterocycles. The molecule has 0 aliphatic carbocycles. The minimum atomic E-state index is -0.316. The van der Waals surface area contributed by atoms with Gasteiger partial charge in [-0.15, -0.1) is 0 Å². The Kier molecular flexibility index (Phi) is 4.03. The van der Waals surface area contributed by atoms with Gasteiger partial charge in [-0.25, -0.2) is 0 Å². The molecule has 0 radical (unpaired) electrons. The molecule has 3 N–H and O–H groups in total. The van der Waals surface area contributed by atoms with Crippen molar-refractivity contribution in [2.24, 2.45) is 17.6 Å². The first-order chi connectivity index (χ1) is 4.63. The Bertz CT molecular complexity index is 114. The Morgan fingerprint density at radius 2 is 2.20 bits per heavy atom. The maximum atomic E-state index is 10.6. The van der Waals surface area contributed by atoms with Crippen molar-refractivity contribution in [1.82, 2.24) is 0 Å². The number of aliphatic hydroxyl groups is 1. The second-order valence-corrected chi connectivity index (χ2v) is 2.58. The van der Waals surface area contributed by atoms with E-state index in [0.717, 1.165) is 0 Å². The summed E-state index contributed by atoms with van der Waals surface area (Å²) in [6.45, 7) is 3.74. The first-order valence-corrected chi connectivity index (χ1v) is 3.53. The van der Waals surface area contributed by atoms with Crippen LogP contribution in [0.1, 0.15) is 20.3 Å². The Balaban J connectivity index is 3.92. The Morgan fingerprint density at radius 1 is 1.70 bits per heavy atom. The SMILES string of the molecule is CCC(C(N)=O)C(C)CO. The molecule has 3 nitrogen and oxygen atoms in total. The molecule has 0 rings (SSSR count). The number of hydrogen-bond donors (Lipinski definition) is 2. The Hall–Kier alpha value is -0.570. The number of carbonyl (C=O) groups excluding carboxylic acids is 1. The molecular weight excluding hydrogens is 130 g/mol. The van der Waals surface area contributed by atoms with Crippen molar-refractivity contribution in [3.63, 3.8) is 0 Å². The summed E-state index contributed by atoms with van der Waals surface area (Å²) in [6.07, 6.45) is 0.705. The van der Waals surface area contributed by atoms with E-state index in [2.05, 4.69) is 0 Å². The zero-order valence-electron chi connectivity index (χ0n) is 6.50. The second kappa shape index (κ2) is 4.28. The van der Waals surface area contributed by atoms with Crippen molar-refractivity contribution in [3.8, 4) is 0 Å². The van der Waals surface area contributed by atoms with Gasteiger partial charge in [-0.05, 0) is 12.3 Å². The lowest BCUT2D eigenvalue weighted by Gasteiger charge is -2.16. The van der Waals surface area contributed by atoms with E-state index >= 15 is 0 Å². The summed E-state index contributed by atoms with van der Waals surface area (Å²) in [5.41, 5.74) is 5.07. The third-order valence-electron chi connectivity index (χ3n) is 1.78. The molecule has 2 unspecified atom stereocenters. The molecule has 1 amide bonds. The Labute approximate surface area is 61.2 Å². The normalized spacial score (nSPS) is 16.3. The highest BCUT2D eigenvalue weighted by Crippen LogP contribution is 2.13. The average Bonchev–Trinajstić information content (AvgIpc) is 1.88. The zero-order valence-corrected chi connectivity index (χ0v) is 6.50. The van der Waals surface area contributed by atoms with Gasteiger partial charge in [0.25, 0.3) is 0 Å². The molecule has 0 aromatic carbocycles. The van der Waals surface area contributed by atoms with Crippen LogP contribution in [0.3, 0.4) is 0 Å². The van der Waals surface area contributed by atoms with E-state index in [1.54, 1.807) is 0 Å². The number of hydrogen-bond acceptors (Lipinski definition) is 2. The van der Waals surface area contributed by atoms with Crippen LogP contribution >= 0.6 is 0 Å². The molecule has 0 bridgehead atoms. The Morgan fingerprint density at radius 3 is 2.30 bits per heavy atom.